The summed E-state index contributed by atoms with van der Waals surface area (Å²) in [7, 11) is 3.25. The Morgan fingerprint density at radius 3 is 2.07 bits per heavy atom. The third-order valence-corrected chi connectivity index (χ3v) is 1.95. The van der Waals surface area contributed by atoms with Gasteiger partial charge in [-0.1, -0.05) is 0 Å². The van der Waals surface area contributed by atoms with E-state index in [1.807, 2.05) is 0 Å². The molecule has 5 atom stereocenters. The predicted molar refractivity (Wildman–Crippen MR) is 50.9 cm³/mol. The second-order valence-corrected chi connectivity index (χ2v) is 3.21. The van der Waals surface area contributed by atoms with Gasteiger partial charge in [-0.2, -0.15) is 0 Å². The fourth-order valence-electron chi connectivity index (χ4n) is 1.12. The summed E-state index contributed by atoms with van der Waals surface area (Å²) in [6.45, 7) is -0.470. The van der Waals surface area contributed by atoms with E-state index in [0.29, 0.717) is 0 Å². The summed E-state index contributed by atoms with van der Waals surface area (Å²) in [6.07, 6.45) is -4.85. The van der Waals surface area contributed by atoms with Crippen molar-refractivity contribution in [1.82, 2.24) is 0 Å². The Morgan fingerprint density at radius 2 is 1.67 bits per heavy atom. The molecule has 6 N–H and O–H groups in total. The molecule has 0 spiro atoms. The molecule has 92 valence electrons. The van der Waals surface area contributed by atoms with Crippen molar-refractivity contribution in [2.24, 2.45) is 5.73 Å². The lowest BCUT2D eigenvalue weighted by atomic mass is 9.98. The first kappa shape index (κ1) is 14.7. The number of rotatable bonds is 1. The molecule has 0 unspecified atom stereocenters. The molecule has 1 aliphatic rings. The fourth-order valence-corrected chi connectivity index (χ4v) is 1.12. The summed E-state index contributed by atoms with van der Waals surface area (Å²) in [5.74, 6) is 0. The third kappa shape index (κ3) is 3.99. The molecule has 7 heteroatoms. The molecule has 7 nitrogen and oxygen atoms in total. The van der Waals surface area contributed by atoms with Crippen LogP contribution in [0.3, 0.4) is 0 Å². The van der Waals surface area contributed by atoms with Gasteiger partial charge >= 0.3 is 0 Å². The van der Waals surface area contributed by atoms with Gasteiger partial charge in [-0.05, 0) is 0 Å². The van der Waals surface area contributed by atoms with Crippen molar-refractivity contribution < 1.29 is 29.9 Å². The number of aliphatic hydroxyl groups is 4. The lowest BCUT2D eigenvalue weighted by molar-refractivity contribution is -0.248. The highest BCUT2D eigenvalue weighted by atomic mass is 16.6. The quantitative estimate of drug-likeness (QED) is 0.322. The van der Waals surface area contributed by atoms with Crippen molar-refractivity contribution in [3.05, 3.63) is 0 Å². The van der Waals surface area contributed by atoms with E-state index in [1.165, 1.54) is 0 Å². The highest BCUT2D eigenvalue weighted by Crippen LogP contribution is 2.17. The zero-order chi connectivity index (χ0) is 12.0. The van der Waals surface area contributed by atoms with E-state index in [9.17, 15) is 10.2 Å². The summed E-state index contributed by atoms with van der Waals surface area (Å²) in [5, 5.41) is 36.1. The van der Waals surface area contributed by atoms with Gasteiger partial charge in [0, 0.05) is 14.2 Å². The van der Waals surface area contributed by atoms with E-state index in [1.54, 1.807) is 14.2 Å². The van der Waals surface area contributed by atoms with E-state index >= 15 is 0 Å². The Hall–Kier alpha value is -0.280. The molecule has 15 heavy (non-hydrogen) atoms. The molecule has 0 aromatic carbocycles. The van der Waals surface area contributed by atoms with Gasteiger partial charge in [0.2, 0.25) is 0 Å². The Morgan fingerprint density at radius 1 is 1.20 bits per heavy atom. The van der Waals surface area contributed by atoms with Crippen molar-refractivity contribution in [2.75, 3.05) is 20.8 Å². The summed E-state index contributed by atoms with van der Waals surface area (Å²) in [4.78, 5) is 0. The highest BCUT2D eigenvalue weighted by Gasteiger charge is 2.41. The fraction of sp³-hybridized carbons (Fsp3) is 1.00. The SMILES string of the molecule is COC.N[C@@H]1[C@@H](O)[C@H](O)[C@@H](CO)O[C@H]1O. The van der Waals surface area contributed by atoms with Crippen LogP contribution in [0, 0.1) is 0 Å². The molecule has 1 saturated heterocycles. The van der Waals surface area contributed by atoms with E-state index < -0.39 is 37.3 Å². The summed E-state index contributed by atoms with van der Waals surface area (Å²) >= 11 is 0. The summed E-state index contributed by atoms with van der Waals surface area (Å²) in [5.41, 5.74) is 5.26. The average molecular weight is 225 g/mol. The van der Waals surface area contributed by atoms with Crippen LogP contribution in [0.1, 0.15) is 0 Å². The van der Waals surface area contributed by atoms with Crippen LogP contribution in [0.5, 0.6) is 0 Å². The van der Waals surface area contributed by atoms with Gasteiger partial charge in [0.05, 0.1) is 12.6 Å². The lowest BCUT2D eigenvalue weighted by Gasteiger charge is -2.38. The van der Waals surface area contributed by atoms with Crippen LogP contribution in [0.2, 0.25) is 0 Å². The first-order valence-electron chi connectivity index (χ1n) is 4.45. The van der Waals surface area contributed by atoms with Gasteiger partial charge in [0.15, 0.2) is 6.29 Å². The van der Waals surface area contributed by atoms with E-state index in [-0.39, 0.29) is 0 Å². The van der Waals surface area contributed by atoms with Crippen LogP contribution in [0.4, 0.5) is 0 Å². The number of ether oxygens (including phenoxy) is 2. The van der Waals surface area contributed by atoms with Crippen LogP contribution in [-0.2, 0) is 9.47 Å². The maximum absolute atomic E-state index is 9.20. The largest absolute Gasteiger partial charge is 0.394 e. The lowest BCUT2D eigenvalue weighted by Crippen LogP contribution is -2.61. The van der Waals surface area contributed by atoms with Crippen LogP contribution in [0.15, 0.2) is 0 Å². The van der Waals surface area contributed by atoms with Crippen LogP contribution in [-0.4, -0.2) is 71.9 Å². The van der Waals surface area contributed by atoms with Crippen LogP contribution >= 0.6 is 0 Å². The Bertz CT molecular complexity index is 164. The predicted octanol–water partition coefficient (Wildman–Crippen LogP) is -2.99. The van der Waals surface area contributed by atoms with Gasteiger partial charge in [0.1, 0.15) is 18.3 Å². The Balaban J connectivity index is 0.000000583. The number of hydrogen-bond donors (Lipinski definition) is 5. The smallest absolute Gasteiger partial charge is 0.173 e. The second-order valence-electron chi connectivity index (χ2n) is 3.21. The van der Waals surface area contributed by atoms with E-state index in [2.05, 4.69) is 4.74 Å². The van der Waals surface area contributed by atoms with Crippen molar-refractivity contribution in [1.29, 1.82) is 0 Å². The number of methoxy groups -OCH3 is 1. The van der Waals surface area contributed by atoms with Gasteiger partial charge in [0.25, 0.3) is 0 Å². The topological polar surface area (TPSA) is 125 Å². The molecule has 1 heterocycles. The molecule has 0 aromatic rings. The van der Waals surface area contributed by atoms with Crippen LogP contribution in [0.25, 0.3) is 0 Å². The minimum atomic E-state index is -1.35. The van der Waals surface area contributed by atoms with Crippen molar-refractivity contribution >= 4 is 0 Å². The molecular weight excluding hydrogens is 206 g/mol. The monoisotopic (exact) mass is 225 g/mol. The maximum atomic E-state index is 9.20. The van der Waals surface area contributed by atoms with E-state index in [4.69, 9.17) is 20.7 Å². The first-order valence-corrected chi connectivity index (χ1v) is 4.45. The molecule has 1 fully saturated rings. The summed E-state index contributed by atoms with van der Waals surface area (Å²) < 4.78 is 8.95. The standard InChI is InChI=1S/C6H13NO5.C2H6O/c7-3-5(10)4(9)2(1-8)12-6(3)11;1-3-2/h2-6,8-11H,1,7H2;1-2H3/t2-,3-,4-,5-,6-;/m1./s1. The van der Waals surface area contributed by atoms with Gasteiger partial charge in [-0.3, -0.25) is 0 Å². The molecule has 0 aliphatic carbocycles. The van der Waals surface area contributed by atoms with Crippen molar-refractivity contribution in [2.45, 2.75) is 30.6 Å². The van der Waals surface area contributed by atoms with Gasteiger partial charge < -0.3 is 35.6 Å². The molecule has 1 aliphatic heterocycles. The van der Waals surface area contributed by atoms with Gasteiger partial charge in [-0.15, -0.1) is 0 Å². The van der Waals surface area contributed by atoms with E-state index in [0.717, 1.165) is 0 Å². The number of hydrogen-bond acceptors (Lipinski definition) is 7. The Labute approximate surface area is 88.0 Å². The van der Waals surface area contributed by atoms with Gasteiger partial charge in [-0.25, -0.2) is 0 Å². The first-order chi connectivity index (χ1) is 6.99. The normalized spacial score (nSPS) is 40.6. The minimum absolute atomic E-state index is 0.470. The number of aliphatic hydroxyl groups excluding tert-OH is 4. The molecule has 0 amide bonds. The second kappa shape index (κ2) is 7.07. The Kier molecular flexibility index (Phi) is 6.94. The van der Waals surface area contributed by atoms with Crippen LogP contribution < -0.4 is 5.73 Å². The number of nitrogens with two attached hydrogens (primary N) is 1. The highest BCUT2D eigenvalue weighted by molar-refractivity contribution is 4.90. The van der Waals surface area contributed by atoms with Crippen molar-refractivity contribution in [3.8, 4) is 0 Å². The molecule has 0 radical (unpaired) electrons. The third-order valence-electron chi connectivity index (χ3n) is 1.95. The maximum Gasteiger partial charge on any atom is 0.173 e. The summed E-state index contributed by atoms with van der Waals surface area (Å²) in [6, 6.07) is -1.04. The molecule has 0 saturated carbocycles. The zero-order valence-corrected chi connectivity index (χ0v) is 8.78. The molecular formula is C8H19NO6. The molecule has 1 rings (SSSR count). The zero-order valence-electron chi connectivity index (χ0n) is 8.78. The molecule has 0 bridgehead atoms. The average Bonchev–Trinajstić information content (AvgIpc) is 2.21. The molecule has 0 aromatic heterocycles. The minimum Gasteiger partial charge on any atom is -0.394 e. The van der Waals surface area contributed by atoms with Crippen molar-refractivity contribution in [3.63, 3.8) is 0 Å².